The van der Waals surface area contributed by atoms with E-state index in [1.54, 1.807) is 11.3 Å². The number of nitrogens with one attached hydrogen (secondary N) is 1. The second-order valence-electron chi connectivity index (χ2n) is 8.26. The van der Waals surface area contributed by atoms with Gasteiger partial charge in [0.15, 0.2) is 0 Å². The molecule has 1 aromatic carbocycles. The number of amides is 1. The topological polar surface area (TPSA) is 29.1 Å². The first-order valence-electron chi connectivity index (χ1n) is 11.2. The average Bonchev–Trinajstić information content (AvgIpc) is 3.13. The number of hydrogen-bond donors (Lipinski definition) is 1. The summed E-state index contributed by atoms with van der Waals surface area (Å²) in [4.78, 5) is 13.5. The zero-order chi connectivity index (χ0) is 22.1. The van der Waals surface area contributed by atoms with Crippen LogP contribution < -0.4 is 8.21 Å². The van der Waals surface area contributed by atoms with Crippen LogP contribution in [0.2, 0.25) is 13.3 Å². The average molecular weight is 542 g/mol. The van der Waals surface area contributed by atoms with Crippen molar-refractivity contribution in [1.82, 2.24) is 0 Å². The van der Waals surface area contributed by atoms with Gasteiger partial charge in [0.1, 0.15) is 0 Å². The van der Waals surface area contributed by atoms with Gasteiger partial charge in [0.2, 0.25) is 0 Å². The summed E-state index contributed by atoms with van der Waals surface area (Å²) in [7, 11) is 0. The van der Waals surface area contributed by atoms with E-state index in [0.717, 1.165) is 17.7 Å². The van der Waals surface area contributed by atoms with Gasteiger partial charge in [0.25, 0.3) is 0 Å². The third kappa shape index (κ3) is 6.28. The van der Waals surface area contributed by atoms with E-state index < -0.39 is 35.9 Å². The fourth-order valence-electron chi connectivity index (χ4n) is 4.05. The predicted octanol–water partition coefficient (Wildman–Crippen LogP) is 7.64. The quantitative estimate of drug-likeness (QED) is 0.275. The molecule has 0 fully saturated rings. The summed E-state index contributed by atoms with van der Waals surface area (Å²) in [5.74, 6) is -1.91. The fourth-order valence-corrected chi connectivity index (χ4v) is 24.4. The van der Waals surface area contributed by atoms with Crippen LogP contribution in [0.15, 0.2) is 24.3 Å². The molecule has 0 bridgehead atoms. The zero-order valence-corrected chi connectivity index (χ0v) is 22.4. The van der Waals surface area contributed by atoms with Gasteiger partial charge in [-0.05, 0) is 0 Å². The number of benzene rings is 1. The SMILES string of the molecule is CCC[CH2][Sn]([CH2]CCC)([CH2]CCC)[c]1cc(C)c(C(=O)Nc2c(F)cccc2F)s1. The molecule has 2 rings (SSSR count). The Hall–Kier alpha value is -0.951. The summed E-state index contributed by atoms with van der Waals surface area (Å²) in [6.07, 6.45) is 7.34. The minimum atomic E-state index is -2.63. The van der Waals surface area contributed by atoms with Gasteiger partial charge in [-0.3, -0.25) is 0 Å². The van der Waals surface area contributed by atoms with Crippen LogP contribution in [0.5, 0.6) is 0 Å². The summed E-state index contributed by atoms with van der Waals surface area (Å²) >= 11 is -1.04. The van der Waals surface area contributed by atoms with E-state index >= 15 is 0 Å². The Morgan fingerprint density at radius 3 is 1.93 bits per heavy atom. The van der Waals surface area contributed by atoms with E-state index in [-0.39, 0.29) is 5.69 Å². The molecule has 0 unspecified atom stereocenters. The molecule has 166 valence electrons. The third-order valence-corrected chi connectivity index (χ3v) is 25.3. The Morgan fingerprint density at radius 2 is 1.47 bits per heavy atom. The summed E-state index contributed by atoms with van der Waals surface area (Å²) < 4.78 is 33.4. The van der Waals surface area contributed by atoms with Gasteiger partial charge in [-0.2, -0.15) is 0 Å². The number of thiophene rings is 1. The van der Waals surface area contributed by atoms with Crippen LogP contribution in [-0.4, -0.2) is 24.3 Å². The third-order valence-electron chi connectivity index (χ3n) is 5.87. The Bertz CT molecular complexity index is 795. The summed E-state index contributed by atoms with van der Waals surface area (Å²) in [5, 5.41) is 2.47. The monoisotopic (exact) mass is 543 g/mol. The second-order valence-corrected chi connectivity index (χ2v) is 23.5. The molecule has 0 aliphatic rings. The van der Waals surface area contributed by atoms with Crippen molar-refractivity contribution in [3.05, 3.63) is 46.3 Å². The normalized spacial score (nSPS) is 11.7. The van der Waals surface area contributed by atoms with Crippen LogP contribution in [0.25, 0.3) is 0 Å². The molecule has 0 radical (unpaired) electrons. The molecule has 2 nitrogen and oxygen atoms in total. The predicted molar refractivity (Wildman–Crippen MR) is 128 cm³/mol. The van der Waals surface area contributed by atoms with Crippen LogP contribution in [0.4, 0.5) is 14.5 Å². The number of unbranched alkanes of at least 4 members (excludes halogenated alkanes) is 3. The van der Waals surface area contributed by atoms with Gasteiger partial charge < -0.3 is 0 Å². The molecule has 0 aliphatic carbocycles. The van der Waals surface area contributed by atoms with E-state index in [4.69, 9.17) is 0 Å². The van der Waals surface area contributed by atoms with Crippen LogP contribution in [0, 0.1) is 18.6 Å². The van der Waals surface area contributed by atoms with Gasteiger partial charge >= 0.3 is 189 Å². The molecular weight excluding hydrogens is 507 g/mol. The van der Waals surface area contributed by atoms with Crippen LogP contribution in [0.3, 0.4) is 0 Å². The Labute approximate surface area is 188 Å². The number of aryl methyl sites for hydroxylation is 1. The van der Waals surface area contributed by atoms with E-state index in [1.807, 2.05) is 6.92 Å². The van der Waals surface area contributed by atoms with Crippen molar-refractivity contribution in [2.75, 3.05) is 5.32 Å². The first-order chi connectivity index (χ1) is 14.4. The maximum absolute atomic E-state index is 14.0. The number of carbonyl (C=O) groups is 1. The van der Waals surface area contributed by atoms with E-state index in [9.17, 15) is 13.6 Å². The molecule has 1 heterocycles. The minimum absolute atomic E-state index is 0.366. The van der Waals surface area contributed by atoms with E-state index in [0.29, 0.717) is 4.88 Å². The van der Waals surface area contributed by atoms with Crippen molar-refractivity contribution in [1.29, 1.82) is 0 Å². The molecule has 1 amide bonds. The van der Waals surface area contributed by atoms with Gasteiger partial charge in [0.05, 0.1) is 0 Å². The summed E-state index contributed by atoms with van der Waals surface area (Å²) in [5.41, 5.74) is 0.560. The van der Waals surface area contributed by atoms with Gasteiger partial charge in [-0.15, -0.1) is 0 Å². The fraction of sp³-hybridized carbons (Fsp3) is 0.542. The van der Waals surface area contributed by atoms with Crippen molar-refractivity contribution in [2.45, 2.75) is 79.5 Å². The van der Waals surface area contributed by atoms with Crippen molar-refractivity contribution >= 4 is 44.2 Å². The molecular formula is C24H35F2NOSSn. The molecule has 0 saturated heterocycles. The molecule has 2 aromatic rings. The Kier molecular flexibility index (Phi) is 10.3. The van der Waals surface area contributed by atoms with Gasteiger partial charge in [-0.25, -0.2) is 0 Å². The van der Waals surface area contributed by atoms with E-state index in [2.05, 4.69) is 32.2 Å². The summed E-state index contributed by atoms with van der Waals surface area (Å²) in [6, 6.07) is 5.85. The van der Waals surface area contributed by atoms with Crippen LogP contribution in [-0.2, 0) is 0 Å². The van der Waals surface area contributed by atoms with Crippen molar-refractivity contribution in [2.24, 2.45) is 0 Å². The van der Waals surface area contributed by atoms with Crippen LogP contribution >= 0.6 is 11.3 Å². The number of halogens is 2. The molecule has 0 aliphatic heterocycles. The second kappa shape index (κ2) is 12.2. The molecule has 1 N–H and O–H groups in total. The number of anilines is 1. The van der Waals surface area contributed by atoms with Crippen molar-refractivity contribution in [3.8, 4) is 0 Å². The van der Waals surface area contributed by atoms with Crippen molar-refractivity contribution < 1.29 is 13.6 Å². The molecule has 0 spiro atoms. The maximum atomic E-state index is 14.0. The molecule has 6 heteroatoms. The van der Waals surface area contributed by atoms with E-state index in [1.165, 1.54) is 60.8 Å². The van der Waals surface area contributed by atoms with Gasteiger partial charge in [0, 0.05) is 0 Å². The standard InChI is InChI=1S/C12H8F2NOS.3C4H9.Sn/c1-7-5-6-17-11(7)12(16)15-10-8(13)3-2-4-9(10)14;3*1-3-4-2;/h2-5H,1H3,(H,15,16);3*1,3-4H2,2H3;. The number of hydrogen-bond acceptors (Lipinski definition) is 2. The Morgan fingerprint density at radius 1 is 0.967 bits per heavy atom. The Balaban J connectivity index is 2.37. The first-order valence-corrected chi connectivity index (χ1v) is 19.5. The number of rotatable bonds is 12. The zero-order valence-electron chi connectivity index (χ0n) is 18.7. The summed E-state index contributed by atoms with van der Waals surface area (Å²) in [6.45, 7) is 8.69. The molecule has 0 atom stereocenters. The molecule has 30 heavy (non-hydrogen) atoms. The molecule has 1 aromatic heterocycles. The molecule has 0 saturated carbocycles. The van der Waals surface area contributed by atoms with Crippen molar-refractivity contribution in [3.63, 3.8) is 0 Å². The van der Waals surface area contributed by atoms with Crippen LogP contribution in [0.1, 0.15) is 74.5 Å². The number of carbonyl (C=O) groups excluding carboxylic acids is 1. The first kappa shape index (κ1) is 25.3. The van der Waals surface area contributed by atoms with Gasteiger partial charge in [-0.1, -0.05) is 0 Å². The number of para-hydroxylation sites is 1.